The predicted octanol–water partition coefficient (Wildman–Crippen LogP) is 2.80. The summed E-state index contributed by atoms with van der Waals surface area (Å²) in [5, 5.41) is 3.02. The highest BCUT2D eigenvalue weighted by Gasteiger charge is 2.06. The number of carbonyl (C=O) groups is 1. The average Bonchev–Trinajstić information content (AvgIpc) is 2.29. The smallest absolute Gasteiger partial charge is 0.226 e. The van der Waals surface area contributed by atoms with Gasteiger partial charge in [-0.3, -0.25) is 4.79 Å². The maximum absolute atomic E-state index is 11.6. The molecule has 94 valence electrons. The van der Waals surface area contributed by atoms with Crippen LogP contribution in [-0.2, 0) is 9.53 Å². The standard InChI is InChI=1S/C12H17ClN2O2/c1-3-5-17-6-4-11(16)15-10-7-9(2)8-14-12(10)13/h7-8H,3-6H2,1-2H3,(H,15,16). The van der Waals surface area contributed by atoms with E-state index in [1.165, 1.54) is 0 Å². The Morgan fingerprint density at radius 3 is 3.00 bits per heavy atom. The fraction of sp³-hybridized carbons (Fsp3) is 0.500. The number of hydrogen-bond acceptors (Lipinski definition) is 3. The third-order valence-electron chi connectivity index (χ3n) is 2.07. The van der Waals surface area contributed by atoms with Gasteiger partial charge in [0.1, 0.15) is 0 Å². The van der Waals surface area contributed by atoms with Gasteiger partial charge < -0.3 is 10.1 Å². The van der Waals surface area contributed by atoms with E-state index < -0.39 is 0 Å². The maximum atomic E-state index is 11.6. The normalized spacial score (nSPS) is 10.3. The first kappa shape index (κ1) is 13.9. The molecule has 17 heavy (non-hydrogen) atoms. The van der Waals surface area contributed by atoms with Crippen molar-refractivity contribution < 1.29 is 9.53 Å². The molecular weight excluding hydrogens is 240 g/mol. The summed E-state index contributed by atoms with van der Waals surface area (Å²) in [5.74, 6) is -0.115. The lowest BCUT2D eigenvalue weighted by Crippen LogP contribution is -2.15. The Morgan fingerprint density at radius 1 is 1.53 bits per heavy atom. The molecule has 0 bridgehead atoms. The first-order valence-corrected chi connectivity index (χ1v) is 6.01. The Balaban J connectivity index is 2.42. The predicted molar refractivity (Wildman–Crippen MR) is 68.3 cm³/mol. The summed E-state index contributed by atoms with van der Waals surface area (Å²) in [6.45, 7) is 5.03. The van der Waals surface area contributed by atoms with E-state index in [0.717, 1.165) is 12.0 Å². The van der Waals surface area contributed by atoms with Crippen molar-refractivity contribution in [3.05, 3.63) is 23.0 Å². The van der Waals surface area contributed by atoms with Crippen LogP contribution >= 0.6 is 11.6 Å². The van der Waals surface area contributed by atoms with Crippen molar-refractivity contribution in [2.45, 2.75) is 26.7 Å². The number of halogens is 1. The molecule has 0 aromatic carbocycles. The largest absolute Gasteiger partial charge is 0.381 e. The van der Waals surface area contributed by atoms with Crippen LogP contribution in [0.3, 0.4) is 0 Å². The number of aryl methyl sites for hydroxylation is 1. The van der Waals surface area contributed by atoms with E-state index in [2.05, 4.69) is 10.3 Å². The molecule has 0 saturated carbocycles. The van der Waals surface area contributed by atoms with Gasteiger partial charge >= 0.3 is 0 Å². The summed E-state index contributed by atoms with van der Waals surface area (Å²) in [4.78, 5) is 15.5. The van der Waals surface area contributed by atoms with Crippen molar-refractivity contribution in [1.29, 1.82) is 0 Å². The van der Waals surface area contributed by atoms with Crippen molar-refractivity contribution >= 4 is 23.2 Å². The van der Waals surface area contributed by atoms with Crippen LogP contribution < -0.4 is 5.32 Å². The fourth-order valence-corrected chi connectivity index (χ4v) is 1.41. The second-order valence-corrected chi connectivity index (χ2v) is 4.12. The van der Waals surface area contributed by atoms with Gasteiger partial charge in [-0.15, -0.1) is 0 Å². The molecule has 0 saturated heterocycles. The molecule has 0 aliphatic rings. The van der Waals surface area contributed by atoms with Crippen LogP contribution in [0.4, 0.5) is 5.69 Å². The van der Waals surface area contributed by atoms with Gasteiger partial charge in [0.25, 0.3) is 0 Å². The summed E-state index contributed by atoms with van der Waals surface area (Å²) in [7, 11) is 0. The minimum atomic E-state index is -0.115. The molecule has 4 nitrogen and oxygen atoms in total. The molecule has 0 aliphatic heterocycles. The highest BCUT2D eigenvalue weighted by Crippen LogP contribution is 2.19. The summed E-state index contributed by atoms with van der Waals surface area (Å²) in [6, 6.07) is 1.79. The molecule has 1 aromatic heterocycles. The quantitative estimate of drug-likeness (QED) is 0.629. The Bertz CT molecular complexity index is 383. The van der Waals surface area contributed by atoms with E-state index in [9.17, 15) is 4.79 Å². The number of carbonyl (C=O) groups excluding carboxylic acids is 1. The number of nitrogens with zero attached hydrogens (tertiary/aromatic N) is 1. The lowest BCUT2D eigenvalue weighted by atomic mass is 10.3. The summed E-state index contributed by atoms with van der Waals surface area (Å²) >= 11 is 5.87. The van der Waals surface area contributed by atoms with Gasteiger partial charge in [0.15, 0.2) is 5.15 Å². The van der Waals surface area contributed by atoms with Gasteiger partial charge in [-0.05, 0) is 25.0 Å². The van der Waals surface area contributed by atoms with E-state index in [1.807, 2.05) is 13.8 Å². The van der Waals surface area contributed by atoms with Gasteiger partial charge in [0.2, 0.25) is 5.91 Å². The highest BCUT2D eigenvalue weighted by atomic mass is 35.5. The van der Waals surface area contributed by atoms with E-state index in [0.29, 0.717) is 30.5 Å². The molecule has 1 aromatic rings. The van der Waals surface area contributed by atoms with Crippen LogP contribution in [0.1, 0.15) is 25.3 Å². The molecule has 0 fully saturated rings. The number of anilines is 1. The zero-order valence-corrected chi connectivity index (χ0v) is 10.9. The van der Waals surface area contributed by atoms with Crippen molar-refractivity contribution in [3.63, 3.8) is 0 Å². The van der Waals surface area contributed by atoms with Crippen LogP contribution in [0, 0.1) is 6.92 Å². The number of aromatic nitrogens is 1. The summed E-state index contributed by atoms with van der Waals surface area (Å²) < 4.78 is 5.24. The van der Waals surface area contributed by atoms with Crippen LogP contribution in [0.5, 0.6) is 0 Å². The number of hydrogen-bond donors (Lipinski definition) is 1. The zero-order valence-electron chi connectivity index (χ0n) is 10.1. The number of ether oxygens (including phenoxy) is 1. The van der Waals surface area contributed by atoms with Crippen molar-refractivity contribution in [3.8, 4) is 0 Å². The van der Waals surface area contributed by atoms with Crippen LogP contribution in [0.25, 0.3) is 0 Å². The van der Waals surface area contributed by atoms with Gasteiger partial charge in [-0.2, -0.15) is 0 Å². The Hall–Kier alpha value is -1.13. The van der Waals surface area contributed by atoms with E-state index in [1.54, 1.807) is 12.3 Å². The molecule has 1 N–H and O–H groups in total. The van der Waals surface area contributed by atoms with Crippen LogP contribution in [0.2, 0.25) is 5.15 Å². The lowest BCUT2D eigenvalue weighted by Gasteiger charge is -2.07. The van der Waals surface area contributed by atoms with Gasteiger partial charge in [0, 0.05) is 12.8 Å². The highest BCUT2D eigenvalue weighted by molar-refractivity contribution is 6.32. The number of pyridine rings is 1. The van der Waals surface area contributed by atoms with Crippen LogP contribution in [-0.4, -0.2) is 24.1 Å². The maximum Gasteiger partial charge on any atom is 0.226 e. The Morgan fingerprint density at radius 2 is 2.29 bits per heavy atom. The Labute approximate surface area is 106 Å². The second kappa shape index (κ2) is 7.25. The van der Waals surface area contributed by atoms with Gasteiger partial charge in [-0.25, -0.2) is 4.98 Å². The first-order chi connectivity index (χ1) is 8.13. The van der Waals surface area contributed by atoms with Crippen molar-refractivity contribution in [2.75, 3.05) is 18.5 Å². The molecule has 1 rings (SSSR count). The lowest BCUT2D eigenvalue weighted by molar-refractivity contribution is -0.117. The number of rotatable bonds is 6. The summed E-state index contributed by atoms with van der Waals surface area (Å²) in [5.41, 5.74) is 1.50. The van der Waals surface area contributed by atoms with E-state index in [4.69, 9.17) is 16.3 Å². The Kier molecular flexibility index (Phi) is 5.94. The van der Waals surface area contributed by atoms with Crippen molar-refractivity contribution in [1.82, 2.24) is 4.98 Å². The minimum Gasteiger partial charge on any atom is -0.381 e. The van der Waals surface area contributed by atoms with Gasteiger partial charge in [0.05, 0.1) is 18.7 Å². The summed E-state index contributed by atoms with van der Waals surface area (Å²) in [6.07, 6.45) is 2.93. The fourth-order valence-electron chi connectivity index (χ4n) is 1.26. The monoisotopic (exact) mass is 256 g/mol. The average molecular weight is 257 g/mol. The second-order valence-electron chi connectivity index (χ2n) is 3.76. The van der Waals surface area contributed by atoms with Crippen molar-refractivity contribution in [2.24, 2.45) is 0 Å². The molecule has 0 radical (unpaired) electrons. The zero-order chi connectivity index (χ0) is 12.7. The molecule has 1 amide bonds. The third kappa shape index (κ3) is 5.15. The SMILES string of the molecule is CCCOCCC(=O)Nc1cc(C)cnc1Cl. The minimum absolute atomic E-state index is 0.115. The molecule has 0 unspecified atom stereocenters. The number of amides is 1. The first-order valence-electron chi connectivity index (χ1n) is 5.63. The molecular formula is C12H17ClN2O2. The van der Waals surface area contributed by atoms with E-state index in [-0.39, 0.29) is 5.91 Å². The molecule has 0 spiro atoms. The molecule has 1 heterocycles. The number of nitrogens with one attached hydrogen (secondary N) is 1. The topological polar surface area (TPSA) is 51.2 Å². The van der Waals surface area contributed by atoms with Crippen LogP contribution in [0.15, 0.2) is 12.3 Å². The molecule has 0 atom stereocenters. The van der Waals surface area contributed by atoms with E-state index >= 15 is 0 Å². The van der Waals surface area contributed by atoms with Gasteiger partial charge in [-0.1, -0.05) is 18.5 Å². The molecule has 5 heteroatoms. The molecule has 0 aliphatic carbocycles. The third-order valence-corrected chi connectivity index (χ3v) is 2.37.